The predicted molar refractivity (Wildman–Crippen MR) is 128 cm³/mol. The summed E-state index contributed by atoms with van der Waals surface area (Å²) in [7, 11) is -3.24. The van der Waals surface area contributed by atoms with Gasteiger partial charge in [-0.05, 0) is 47.9 Å². The van der Waals surface area contributed by atoms with Crippen LogP contribution in [0.5, 0.6) is 0 Å². The van der Waals surface area contributed by atoms with Crippen molar-refractivity contribution >= 4 is 27.1 Å². The summed E-state index contributed by atoms with van der Waals surface area (Å²) in [6.45, 7) is 9.12. The lowest BCUT2D eigenvalue weighted by atomic mass is 9.81. The Bertz CT molecular complexity index is 1020. The number of aliphatic hydroxyl groups is 1. The monoisotopic (exact) mass is 478 g/mol. The van der Waals surface area contributed by atoms with Crippen molar-refractivity contribution < 1.29 is 18.3 Å². The van der Waals surface area contributed by atoms with Crippen LogP contribution in [-0.2, 0) is 21.2 Å². The molecule has 0 saturated carbocycles. The summed E-state index contributed by atoms with van der Waals surface area (Å²) < 4.78 is 23.6. The molecule has 3 rings (SSSR count). The molecular weight excluding hydrogens is 444 g/mol. The Labute approximate surface area is 195 Å². The van der Waals surface area contributed by atoms with E-state index in [2.05, 4.69) is 10.2 Å². The molecule has 3 unspecified atom stereocenters. The molecule has 1 aliphatic rings. The largest absolute Gasteiger partial charge is 0.388 e. The molecule has 32 heavy (non-hydrogen) atoms. The molecule has 8 heteroatoms. The normalized spacial score (nSPS) is 24.9. The molecule has 1 aliphatic heterocycles. The van der Waals surface area contributed by atoms with E-state index in [4.69, 9.17) is 0 Å². The standard InChI is InChI=1S/C24H34N2O4S2/c1-23(2,3)15-20(27)25-22-21(19-7-6-14-31-19)26(13-12-24(22,4)28)16-17-8-10-18(11-9-17)32(5,29)30/h6-11,14,21-22,28H,12-13,15-16H2,1-5H3,(H,25,27). The number of carbonyl (C=O) groups excluding carboxylic acids is 1. The number of amides is 1. The van der Waals surface area contributed by atoms with Gasteiger partial charge in [-0.15, -0.1) is 11.3 Å². The summed E-state index contributed by atoms with van der Waals surface area (Å²) in [6, 6.07) is 10.3. The van der Waals surface area contributed by atoms with E-state index in [1.807, 2.05) is 50.4 Å². The quantitative estimate of drug-likeness (QED) is 0.660. The molecule has 1 aromatic heterocycles. The molecule has 176 valence electrons. The lowest BCUT2D eigenvalue weighted by molar-refractivity contribution is -0.130. The number of benzene rings is 1. The first kappa shape index (κ1) is 24.9. The van der Waals surface area contributed by atoms with Crippen LogP contribution in [-0.4, -0.2) is 48.8 Å². The minimum Gasteiger partial charge on any atom is -0.388 e. The van der Waals surface area contributed by atoms with E-state index >= 15 is 0 Å². The maximum Gasteiger partial charge on any atom is 0.220 e. The van der Waals surface area contributed by atoms with Crippen LogP contribution in [0.2, 0.25) is 0 Å². The smallest absolute Gasteiger partial charge is 0.220 e. The Balaban J connectivity index is 1.89. The highest BCUT2D eigenvalue weighted by molar-refractivity contribution is 7.90. The number of carbonyl (C=O) groups is 1. The molecule has 0 bridgehead atoms. The minimum atomic E-state index is -3.24. The molecule has 2 aromatic rings. The van der Waals surface area contributed by atoms with Gasteiger partial charge < -0.3 is 10.4 Å². The van der Waals surface area contributed by atoms with Gasteiger partial charge in [-0.2, -0.15) is 0 Å². The number of nitrogens with one attached hydrogen (secondary N) is 1. The average molecular weight is 479 g/mol. The highest BCUT2D eigenvalue weighted by atomic mass is 32.2. The summed E-state index contributed by atoms with van der Waals surface area (Å²) in [5, 5.41) is 16.4. The van der Waals surface area contributed by atoms with Crippen molar-refractivity contribution in [3.05, 3.63) is 52.2 Å². The Morgan fingerprint density at radius 1 is 1.25 bits per heavy atom. The third kappa shape index (κ3) is 6.19. The fourth-order valence-electron chi connectivity index (χ4n) is 4.21. The van der Waals surface area contributed by atoms with E-state index in [9.17, 15) is 18.3 Å². The second kappa shape index (κ2) is 9.25. The maximum atomic E-state index is 12.8. The number of rotatable bonds is 6. The van der Waals surface area contributed by atoms with Gasteiger partial charge in [-0.3, -0.25) is 9.69 Å². The Morgan fingerprint density at radius 2 is 1.91 bits per heavy atom. The van der Waals surface area contributed by atoms with Crippen molar-refractivity contribution in [1.82, 2.24) is 10.2 Å². The fourth-order valence-corrected chi connectivity index (χ4v) is 5.74. The number of sulfone groups is 1. The number of thiophene rings is 1. The van der Waals surface area contributed by atoms with Crippen LogP contribution in [0.25, 0.3) is 0 Å². The van der Waals surface area contributed by atoms with E-state index in [1.54, 1.807) is 30.4 Å². The van der Waals surface area contributed by atoms with Gasteiger partial charge in [0.2, 0.25) is 5.91 Å². The number of likely N-dealkylation sites (tertiary alicyclic amines) is 1. The Morgan fingerprint density at radius 3 is 2.44 bits per heavy atom. The molecule has 2 heterocycles. The van der Waals surface area contributed by atoms with Gasteiger partial charge in [0, 0.05) is 30.6 Å². The van der Waals surface area contributed by atoms with Crippen LogP contribution in [0.15, 0.2) is 46.7 Å². The molecule has 1 saturated heterocycles. The SMILES string of the molecule is CC(C)(C)CC(=O)NC1C(c2cccs2)N(Cc2ccc(S(C)(=O)=O)cc2)CCC1(C)O. The molecule has 1 amide bonds. The first-order valence-electron chi connectivity index (χ1n) is 10.8. The third-order valence-electron chi connectivity index (χ3n) is 5.86. The minimum absolute atomic E-state index is 0.0660. The van der Waals surface area contributed by atoms with Gasteiger partial charge in [0.25, 0.3) is 0 Å². The maximum absolute atomic E-state index is 12.8. The molecule has 6 nitrogen and oxygen atoms in total. The summed E-state index contributed by atoms with van der Waals surface area (Å²) in [5.41, 5.74) is -0.205. The van der Waals surface area contributed by atoms with Crippen molar-refractivity contribution in [2.75, 3.05) is 12.8 Å². The van der Waals surface area contributed by atoms with Crippen LogP contribution in [0, 0.1) is 5.41 Å². The molecule has 3 atom stereocenters. The Hall–Kier alpha value is -1.74. The molecule has 0 aliphatic carbocycles. The lowest BCUT2D eigenvalue weighted by Crippen LogP contribution is -2.62. The van der Waals surface area contributed by atoms with E-state index in [0.29, 0.717) is 30.8 Å². The van der Waals surface area contributed by atoms with Crippen molar-refractivity contribution in [1.29, 1.82) is 0 Å². The second-order valence-corrected chi connectivity index (χ2v) is 13.2. The number of nitrogens with zero attached hydrogens (tertiary/aromatic N) is 1. The van der Waals surface area contributed by atoms with Crippen molar-refractivity contribution in [3.63, 3.8) is 0 Å². The lowest BCUT2D eigenvalue weighted by Gasteiger charge is -2.49. The molecule has 0 radical (unpaired) electrons. The van der Waals surface area contributed by atoms with Gasteiger partial charge >= 0.3 is 0 Å². The van der Waals surface area contributed by atoms with Crippen LogP contribution in [0.1, 0.15) is 57.0 Å². The van der Waals surface area contributed by atoms with Crippen LogP contribution < -0.4 is 5.32 Å². The summed E-state index contributed by atoms with van der Waals surface area (Å²) in [6.07, 6.45) is 2.10. The Kier molecular flexibility index (Phi) is 7.20. The average Bonchev–Trinajstić information content (AvgIpc) is 3.17. The summed E-state index contributed by atoms with van der Waals surface area (Å²) >= 11 is 1.61. The zero-order chi connectivity index (χ0) is 23.7. The summed E-state index contributed by atoms with van der Waals surface area (Å²) in [4.78, 5) is 16.5. The molecular formula is C24H34N2O4S2. The van der Waals surface area contributed by atoms with E-state index in [-0.39, 0.29) is 17.4 Å². The third-order valence-corrected chi connectivity index (χ3v) is 7.93. The predicted octanol–water partition coefficient (Wildman–Crippen LogP) is 3.77. The number of hydrogen-bond acceptors (Lipinski definition) is 6. The number of hydrogen-bond donors (Lipinski definition) is 2. The van der Waals surface area contributed by atoms with Crippen LogP contribution >= 0.6 is 11.3 Å². The van der Waals surface area contributed by atoms with E-state index in [1.165, 1.54) is 6.26 Å². The number of piperidine rings is 1. The van der Waals surface area contributed by atoms with Gasteiger partial charge in [0.1, 0.15) is 0 Å². The van der Waals surface area contributed by atoms with Gasteiger partial charge in [-0.25, -0.2) is 8.42 Å². The van der Waals surface area contributed by atoms with E-state index in [0.717, 1.165) is 10.4 Å². The fraction of sp³-hybridized carbons (Fsp3) is 0.542. The highest BCUT2D eigenvalue weighted by Crippen LogP contribution is 2.40. The first-order valence-corrected chi connectivity index (χ1v) is 13.6. The van der Waals surface area contributed by atoms with Gasteiger partial charge in [0.15, 0.2) is 9.84 Å². The molecule has 1 aromatic carbocycles. The van der Waals surface area contributed by atoms with Crippen molar-refractivity contribution in [2.45, 2.75) is 69.7 Å². The first-order chi connectivity index (χ1) is 14.8. The van der Waals surface area contributed by atoms with Crippen molar-refractivity contribution in [3.8, 4) is 0 Å². The molecule has 0 spiro atoms. The topological polar surface area (TPSA) is 86.7 Å². The highest BCUT2D eigenvalue weighted by Gasteiger charge is 2.46. The summed E-state index contributed by atoms with van der Waals surface area (Å²) in [5.74, 6) is -0.0660. The second-order valence-electron chi connectivity index (χ2n) is 10.2. The zero-order valence-corrected chi connectivity index (χ0v) is 21.1. The van der Waals surface area contributed by atoms with Crippen molar-refractivity contribution in [2.24, 2.45) is 5.41 Å². The zero-order valence-electron chi connectivity index (χ0n) is 19.5. The van der Waals surface area contributed by atoms with Gasteiger partial charge in [0.05, 0.1) is 22.6 Å². The van der Waals surface area contributed by atoms with Crippen LogP contribution in [0.3, 0.4) is 0 Å². The van der Waals surface area contributed by atoms with Crippen LogP contribution in [0.4, 0.5) is 0 Å². The molecule has 2 N–H and O–H groups in total. The van der Waals surface area contributed by atoms with E-state index < -0.39 is 21.5 Å². The van der Waals surface area contributed by atoms with Gasteiger partial charge in [-0.1, -0.05) is 39.0 Å². The molecule has 1 fully saturated rings.